The molecule has 0 aliphatic carbocycles. The number of nitro groups is 1. The highest BCUT2D eigenvalue weighted by atomic mass is 16.6. The minimum atomic E-state index is -0.469. The third-order valence-corrected chi connectivity index (χ3v) is 6.02. The van der Waals surface area contributed by atoms with Crippen molar-refractivity contribution < 1.29 is 19.6 Å². The number of rotatable bonds is 5. The molecule has 2 amide bonds. The number of non-ortho nitro benzene ring substituents is 1. The van der Waals surface area contributed by atoms with E-state index >= 15 is 0 Å². The van der Waals surface area contributed by atoms with Crippen LogP contribution >= 0.6 is 0 Å². The van der Waals surface area contributed by atoms with Crippen molar-refractivity contribution in [3.8, 4) is 11.5 Å². The van der Waals surface area contributed by atoms with Crippen LogP contribution in [-0.4, -0.2) is 69.2 Å². The SMILES string of the molecule is O=C(Nc1cc(Oc2ccc([N+](=O)[O-])cc2)ccn1)N1CCC(N2CCC(O)CC2)CC1. The minimum absolute atomic E-state index is 0.0123. The number of pyridine rings is 1. The van der Waals surface area contributed by atoms with Crippen LogP contribution in [0.2, 0.25) is 0 Å². The molecule has 0 atom stereocenters. The molecule has 2 aliphatic rings. The molecule has 2 aromatic rings. The Kier molecular flexibility index (Phi) is 6.81. The number of ether oxygens (including phenoxy) is 1. The molecule has 32 heavy (non-hydrogen) atoms. The maximum Gasteiger partial charge on any atom is 0.323 e. The average molecular weight is 441 g/mol. The summed E-state index contributed by atoms with van der Waals surface area (Å²) in [5, 5.41) is 23.3. The van der Waals surface area contributed by atoms with Gasteiger partial charge in [0.25, 0.3) is 5.69 Å². The number of hydrogen-bond acceptors (Lipinski definition) is 7. The van der Waals surface area contributed by atoms with E-state index in [4.69, 9.17) is 4.74 Å². The number of nitro benzene ring substituents is 1. The van der Waals surface area contributed by atoms with Crippen LogP contribution < -0.4 is 10.1 Å². The van der Waals surface area contributed by atoms with Gasteiger partial charge >= 0.3 is 6.03 Å². The number of aromatic nitrogens is 1. The summed E-state index contributed by atoms with van der Waals surface area (Å²) in [4.78, 5) is 31.4. The van der Waals surface area contributed by atoms with Gasteiger partial charge in [0, 0.05) is 56.6 Å². The fraction of sp³-hybridized carbons (Fsp3) is 0.455. The lowest BCUT2D eigenvalue weighted by atomic mass is 9.99. The maximum atomic E-state index is 12.7. The molecule has 1 aromatic carbocycles. The Labute approximate surface area is 186 Å². The quantitative estimate of drug-likeness (QED) is 0.540. The zero-order chi connectivity index (χ0) is 22.5. The van der Waals surface area contributed by atoms with E-state index in [0.29, 0.717) is 36.4 Å². The van der Waals surface area contributed by atoms with Gasteiger partial charge in [-0.05, 0) is 43.9 Å². The van der Waals surface area contributed by atoms with Crippen molar-refractivity contribution in [3.05, 3.63) is 52.7 Å². The molecular formula is C22H27N5O5. The Balaban J connectivity index is 1.29. The number of amides is 2. The fourth-order valence-electron chi connectivity index (χ4n) is 4.19. The van der Waals surface area contributed by atoms with Gasteiger partial charge in [-0.3, -0.25) is 15.4 Å². The molecular weight excluding hydrogens is 414 g/mol. The smallest absolute Gasteiger partial charge is 0.323 e. The molecule has 10 heteroatoms. The standard InChI is InChI=1S/C22H27N5O5/c28-18-8-13-25(14-9-18)16-6-11-26(12-7-16)22(29)24-21-15-20(5-10-23-21)32-19-3-1-17(2-4-19)27(30)31/h1-5,10,15-16,18,28H,6-9,11-14H2,(H,23,24,29). The summed E-state index contributed by atoms with van der Waals surface area (Å²) in [6, 6.07) is 9.31. The largest absolute Gasteiger partial charge is 0.457 e. The van der Waals surface area contributed by atoms with Crippen LogP contribution in [0.3, 0.4) is 0 Å². The number of hydrogen-bond donors (Lipinski definition) is 2. The van der Waals surface area contributed by atoms with Crippen molar-refractivity contribution in [1.82, 2.24) is 14.8 Å². The molecule has 2 N–H and O–H groups in total. The molecule has 0 spiro atoms. The Morgan fingerprint density at radius 2 is 1.75 bits per heavy atom. The zero-order valence-corrected chi connectivity index (χ0v) is 17.7. The van der Waals surface area contributed by atoms with Crippen LogP contribution in [0.15, 0.2) is 42.6 Å². The van der Waals surface area contributed by atoms with Gasteiger partial charge in [-0.2, -0.15) is 0 Å². The first-order chi connectivity index (χ1) is 15.5. The number of benzene rings is 1. The number of aliphatic hydroxyl groups is 1. The van der Waals surface area contributed by atoms with E-state index in [1.807, 2.05) is 0 Å². The minimum Gasteiger partial charge on any atom is -0.457 e. The predicted molar refractivity (Wildman–Crippen MR) is 118 cm³/mol. The van der Waals surface area contributed by atoms with Crippen LogP contribution in [0.25, 0.3) is 0 Å². The van der Waals surface area contributed by atoms with Crippen molar-refractivity contribution in [2.75, 3.05) is 31.5 Å². The normalized spacial score (nSPS) is 18.3. The molecule has 4 rings (SSSR count). The van der Waals surface area contributed by atoms with Gasteiger partial charge in [0.15, 0.2) is 0 Å². The van der Waals surface area contributed by atoms with Crippen LogP contribution in [-0.2, 0) is 0 Å². The van der Waals surface area contributed by atoms with Crippen molar-refractivity contribution in [2.24, 2.45) is 0 Å². The number of urea groups is 1. The summed E-state index contributed by atoms with van der Waals surface area (Å²) in [6.07, 6.45) is 4.84. The van der Waals surface area contributed by atoms with Crippen LogP contribution in [0, 0.1) is 10.1 Å². The van der Waals surface area contributed by atoms with E-state index in [9.17, 15) is 20.0 Å². The lowest BCUT2D eigenvalue weighted by Gasteiger charge is -2.41. The highest BCUT2D eigenvalue weighted by molar-refractivity contribution is 5.88. The second-order valence-electron chi connectivity index (χ2n) is 8.15. The van der Waals surface area contributed by atoms with Crippen molar-refractivity contribution >= 4 is 17.5 Å². The average Bonchev–Trinajstić information content (AvgIpc) is 2.80. The number of carbonyl (C=O) groups excluding carboxylic acids is 1. The summed E-state index contributed by atoms with van der Waals surface area (Å²) in [5.41, 5.74) is -0.0123. The molecule has 2 aliphatic heterocycles. The van der Waals surface area contributed by atoms with Crippen molar-refractivity contribution in [3.63, 3.8) is 0 Å². The van der Waals surface area contributed by atoms with Gasteiger partial charge in [0.2, 0.25) is 0 Å². The maximum absolute atomic E-state index is 12.7. The molecule has 0 bridgehead atoms. The number of carbonyl (C=O) groups is 1. The van der Waals surface area contributed by atoms with Crippen molar-refractivity contribution in [2.45, 2.75) is 37.8 Å². The van der Waals surface area contributed by atoms with Crippen molar-refractivity contribution in [1.29, 1.82) is 0 Å². The molecule has 2 fully saturated rings. The van der Waals surface area contributed by atoms with E-state index in [1.54, 1.807) is 17.0 Å². The van der Waals surface area contributed by atoms with Gasteiger partial charge in [-0.25, -0.2) is 9.78 Å². The number of nitrogens with one attached hydrogen (secondary N) is 1. The van der Waals surface area contributed by atoms with Crippen LogP contribution in [0.4, 0.5) is 16.3 Å². The second kappa shape index (κ2) is 9.92. The number of nitrogens with zero attached hydrogens (tertiary/aromatic N) is 4. The predicted octanol–water partition coefficient (Wildman–Crippen LogP) is 3.24. The van der Waals surface area contributed by atoms with E-state index in [0.717, 1.165) is 38.8 Å². The monoisotopic (exact) mass is 441 g/mol. The highest BCUT2D eigenvalue weighted by Gasteiger charge is 2.29. The Bertz CT molecular complexity index is 938. The van der Waals surface area contributed by atoms with E-state index < -0.39 is 4.92 Å². The van der Waals surface area contributed by atoms with E-state index in [1.165, 1.54) is 30.5 Å². The molecule has 10 nitrogen and oxygen atoms in total. The van der Waals surface area contributed by atoms with Gasteiger partial charge in [-0.15, -0.1) is 0 Å². The molecule has 0 saturated carbocycles. The molecule has 3 heterocycles. The Morgan fingerprint density at radius 3 is 2.41 bits per heavy atom. The summed E-state index contributed by atoms with van der Waals surface area (Å²) in [7, 11) is 0. The molecule has 0 unspecified atom stereocenters. The first-order valence-electron chi connectivity index (χ1n) is 10.8. The van der Waals surface area contributed by atoms with Gasteiger partial charge in [0.1, 0.15) is 17.3 Å². The third-order valence-electron chi connectivity index (χ3n) is 6.02. The molecule has 1 aromatic heterocycles. The summed E-state index contributed by atoms with van der Waals surface area (Å²) >= 11 is 0. The van der Waals surface area contributed by atoms with E-state index in [-0.39, 0.29) is 17.8 Å². The molecule has 170 valence electrons. The van der Waals surface area contributed by atoms with Crippen LogP contribution in [0.5, 0.6) is 11.5 Å². The van der Waals surface area contributed by atoms with Crippen LogP contribution in [0.1, 0.15) is 25.7 Å². The lowest BCUT2D eigenvalue weighted by molar-refractivity contribution is -0.384. The summed E-state index contributed by atoms with van der Waals surface area (Å²) in [5.74, 6) is 1.29. The first kappa shape index (κ1) is 22.0. The Morgan fingerprint density at radius 1 is 1.06 bits per heavy atom. The highest BCUT2D eigenvalue weighted by Crippen LogP contribution is 2.26. The number of aliphatic hydroxyl groups excluding tert-OH is 1. The number of likely N-dealkylation sites (tertiary alicyclic amines) is 2. The number of anilines is 1. The topological polar surface area (TPSA) is 121 Å². The van der Waals surface area contributed by atoms with Gasteiger partial charge < -0.3 is 19.6 Å². The Hall–Kier alpha value is -3.24. The number of piperidine rings is 2. The molecule has 2 saturated heterocycles. The summed E-state index contributed by atoms with van der Waals surface area (Å²) in [6.45, 7) is 3.19. The van der Waals surface area contributed by atoms with Gasteiger partial charge in [0.05, 0.1) is 11.0 Å². The molecule has 0 radical (unpaired) electrons. The lowest BCUT2D eigenvalue weighted by Crippen LogP contribution is -2.50. The first-order valence-corrected chi connectivity index (χ1v) is 10.8. The third kappa shape index (κ3) is 5.51. The zero-order valence-electron chi connectivity index (χ0n) is 17.7. The second-order valence-corrected chi connectivity index (χ2v) is 8.15. The van der Waals surface area contributed by atoms with E-state index in [2.05, 4.69) is 15.2 Å². The summed E-state index contributed by atoms with van der Waals surface area (Å²) < 4.78 is 5.72. The fourth-order valence-corrected chi connectivity index (χ4v) is 4.19. The van der Waals surface area contributed by atoms with Gasteiger partial charge in [-0.1, -0.05) is 0 Å².